The number of rotatable bonds is 6. The average Bonchev–Trinajstić information content (AvgIpc) is 2.79. The first-order chi connectivity index (χ1) is 12.4. The molecule has 2 rings (SSSR count). The lowest BCUT2D eigenvalue weighted by Crippen LogP contribution is -2.46. The van der Waals surface area contributed by atoms with Gasteiger partial charge in [-0.3, -0.25) is 4.68 Å². The Balaban J connectivity index is 2.09. The monoisotopic (exact) mass is 421 g/mol. The minimum absolute atomic E-state index is 0.0331. The molecule has 0 spiro atoms. The van der Waals surface area contributed by atoms with Crippen LogP contribution < -0.4 is 0 Å². The van der Waals surface area contributed by atoms with Gasteiger partial charge in [0.25, 0.3) is 0 Å². The summed E-state index contributed by atoms with van der Waals surface area (Å²) in [6, 6.07) is -0.359. The first-order valence-electron chi connectivity index (χ1n) is 8.94. The van der Waals surface area contributed by atoms with Crippen LogP contribution in [0.1, 0.15) is 45.7 Å². The second-order valence-corrected chi connectivity index (χ2v) is 9.88. The highest BCUT2D eigenvalue weighted by Gasteiger charge is 2.37. The Morgan fingerprint density at radius 2 is 2.00 bits per heavy atom. The highest BCUT2D eigenvalue weighted by Crippen LogP contribution is 2.31. The van der Waals surface area contributed by atoms with Crippen molar-refractivity contribution >= 4 is 27.6 Å². The van der Waals surface area contributed by atoms with Crippen molar-refractivity contribution in [3.05, 3.63) is 10.8 Å². The molecule has 154 valence electrons. The van der Waals surface area contributed by atoms with Crippen LogP contribution in [0.15, 0.2) is 4.90 Å². The van der Waals surface area contributed by atoms with Crippen molar-refractivity contribution in [3.8, 4) is 0 Å². The first kappa shape index (κ1) is 22.1. The number of aromatic nitrogens is 2. The molecule has 0 radical (unpaired) electrons. The molecule has 1 aliphatic rings. The normalized spacial score (nSPS) is 19.3. The van der Waals surface area contributed by atoms with Gasteiger partial charge in [-0.2, -0.15) is 9.40 Å². The first-order valence-corrected chi connectivity index (χ1v) is 10.8. The van der Waals surface area contributed by atoms with E-state index in [0.29, 0.717) is 18.7 Å². The molecule has 1 aromatic rings. The fraction of sp³-hybridized carbons (Fsp3) is 0.765. The Bertz CT molecular complexity index is 785. The maximum absolute atomic E-state index is 13.2. The Morgan fingerprint density at radius 1 is 1.33 bits per heavy atom. The van der Waals surface area contributed by atoms with Crippen molar-refractivity contribution in [2.75, 3.05) is 19.8 Å². The van der Waals surface area contributed by atoms with E-state index in [1.165, 1.54) is 8.99 Å². The van der Waals surface area contributed by atoms with Gasteiger partial charge in [0.05, 0.1) is 12.3 Å². The molecule has 0 aromatic carbocycles. The largest absolute Gasteiger partial charge is 0.458 e. The van der Waals surface area contributed by atoms with E-state index in [-0.39, 0.29) is 29.3 Å². The maximum atomic E-state index is 13.2. The molecule has 0 bridgehead atoms. The molecule has 1 unspecified atom stereocenters. The van der Waals surface area contributed by atoms with Crippen molar-refractivity contribution in [1.29, 1.82) is 0 Å². The molecule has 10 heteroatoms. The Hall–Kier alpha value is -1.16. The van der Waals surface area contributed by atoms with E-state index < -0.39 is 21.6 Å². The molecule has 0 amide bonds. The number of piperidine rings is 1. The number of aryl methyl sites for hydroxylation is 2. The van der Waals surface area contributed by atoms with E-state index in [0.717, 1.165) is 12.8 Å². The minimum Gasteiger partial charge on any atom is -0.458 e. The van der Waals surface area contributed by atoms with Crippen molar-refractivity contribution in [2.45, 2.75) is 63.5 Å². The van der Waals surface area contributed by atoms with Crippen LogP contribution in [-0.4, -0.2) is 59.9 Å². The predicted octanol–water partition coefficient (Wildman–Crippen LogP) is 2.28. The summed E-state index contributed by atoms with van der Waals surface area (Å²) in [5, 5.41) is 4.19. The molecule has 1 atom stereocenters. The average molecular weight is 422 g/mol. The number of nitrogens with zero attached hydrogens (tertiary/aromatic N) is 3. The van der Waals surface area contributed by atoms with Crippen molar-refractivity contribution in [3.63, 3.8) is 0 Å². The Labute approximate surface area is 165 Å². The lowest BCUT2D eigenvalue weighted by atomic mass is 10.1. The van der Waals surface area contributed by atoms with Crippen molar-refractivity contribution in [1.82, 2.24) is 14.1 Å². The number of halogens is 1. The van der Waals surface area contributed by atoms with Gasteiger partial charge in [-0.25, -0.2) is 13.2 Å². The molecule has 1 fully saturated rings. The molecule has 2 heterocycles. The van der Waals surface area contributed by atoms with Gasteiger partial charge >= 0.3 is 5.97 Å². The van der Waals surface area contributed by atoms with Gasteiger partial charge in [-0.1, -0.05) is 18.0 Å². The van der Waals surface area contributed by atoms with Crippen LogP contribution in [0.2, 0.25) is 5.15 Å². The van der Waals surface area contributed by atoms with E-state index in [4.69, 9.17) is 21.1 Å². The molecule has 27 heavy (non-hydrogen) atoms. The fourth-order valence-corrected chi connectivity index (χ4v) is 5.52. The van der Waals surface area contributed by atoms with Crippen molar-refractivity contribution in [2.24, 2.45) is 7.05 Å². The second-order valence-electron chi connectivity index (χ2n) is 7.70. The van der Waals surface area contributed by atoms with Gasteiger partial charge in [-0.05, 0) is 40.5 Å². The van der Waals surface area contributed by atoms with Gasteiger partial charge in [0.1, 0.15) is 22.3 Å². The lowest BCUT2D eigenvalue weighted by Gasteiger charge is -2.34. The number of carbonyl (C=O) groups is 1. The van der Waals surface area contributed by atoms with Gasteiger partial charge in [0, 0.05) is 19.6 Å². The fourth-order valence-electron chi connectivity index (χ4n) is 3.13. The predicted molar refractivity (Wildman–Crippen MR) is 101 cm³/mol. The standard InChI is InChI=1S/C17H28ClN3O5S/c1-12-15(16(18)20(5)19-12)27(23,24)21-9-7-6-8-13(21)10-25-11-14(22)26-17(2,3)4/h13H,6-11H2,1-5H3. The van der Waals surface area contributed by atoms with Crippen LogP contribution in [0.5, 0.6) is 0 Å². The summed E-state index contributed by atoms with van der Waals surface area (Å²) >= 11 is 6.18. The third-order valence-corrected chi connectivity index (χ3v) is 6.84. The minimum atomic E-state index is -3.81. The summed E-state index contributed by atoms with van der Waals surface area (Å²) in [4.78, 5) is 11.8. The van der Waals surface area contributed by atoms with E-state index in [9.17, 15) is 13.2 Å². The number of hydrogen-bond donors (Lipinski definition) is 0. The molecule has 1 aliphatic heterocycles. The van der Waals surface area contributed by atoms with E-state index in [2.05, 4.69) is 5.10 Å². The van der Waals surface area contributed by atoms with E-state index >= 15 is 0 Å². The molecule has 1 aromatic heterocycles. The number of hydrogen-bond acceptors (Lipinski definition) is 6. The number of sulfonamides is 1. The molecule has 1 saturated heterocycles. The van der Waals surface area contributed by atoms with Gasteiger partial charge in [0.15, 0.2) is 0 Å². The quantitative estimate of drug-likeness (QED) is 0.654. The van der Waals surface area contributed by atoms with E-state index in [1.54, 1.807) is 34.7 Å². The summed E-state index contributed by atoms with van der Waals surface area (Å²) in [6.07, 6.45) is 2.31. The molecule has 0 saturated carbocycles. The molecular formula is C17H28ClN3O5S. The molecular weight excluding hydrogens is 394 g/mol. The van der Waals surface area contributed by atoms with Gasteiger partial charge in [-0.15, -0.1) is 0 Å². The number of carbonyl (C=O) groups excluding carboxylic acids is 1. The lowest BCUT2D eigenvalue weighted by molar-refractivity contribution is -0.160. The van der Waals surface area contributed by atoms with Crippen LogP contribution >= 0.6 is 11.6 Å². The van der Waals surface area contributed by atoms with Crippen LogP contribution in [-0.2, 0) is 31.3 Å². The van der Waals surface area contributed by atoms with Crippen molar-refractivity contribution < 1.29 is 22.7 Å². The summed E-state index contributed by atoms with van der Waals surface area (Å²) < 4.78 is 39.8. The summed E-state index contributed by atoms with van der Waals surface area (Å²) in [5.74, 6) is -0.473. The Kier molecular flexibility index (Phi) is 6.94. The molecule has 0 N–H and O–H groups in total. The van der Waals surface area contributed by atoms with Crippen LogP contribution in [0.3, 0.4) is 0 Å². The number of ether oxygens (including phenoxy) is 2. The molecule has 8 nitrogen and oxygen atoms in total. The SMILES string of the molecule is Cc1nn(C)c(Cl)c1S(=O)(=O)N1CCCCC1COCC(=O)OC(C)(C)C. The summed E-state index contributed by atoms with van der Waals surface area (Å²) in [6.45, 7) is 7.24. The zero-order valence-corrected chi connectivity index (χ0v) is 18.1. The summed E-state index contributed by atoms with van der Waals surface area (Å²) in [5.41, 5.74) is -0.226. The van der Waals surface area contributed by atoms with Gasteiger partial charge < -0.3 is 9.47 Å². The van der Waals surface area contributed by atoms with Crippen LogP contribution in [0.25, 0.3) is 0 Å². The summed E-state index contributed by atoms with van der Waals surface area (Å²) in [7, 11) is -2.21. The zero-order chi connectivity index (χ0) is 20.4. The smallest absolute Gasteiger partial charge is 0.332 e. The highest BCUT2D eigenvalue weighted by molar-refractivity contribution is 7.89. The third-order valence-electron chi connectivity index (χ3n) is 4.19. The topological polar surface area (TPSA) is 90.7 Å². The maximum Gasteiger partial charge on any atom is 0.332 e. The molecule has 0 aliphatic carbocycles. The Morgan fingerprint density at radius 3 is 2.56 bits per heavy atom. The second kappa shape index (κ2) is 8.46. The van der Waals surface area contributed by atoms with Crippen LogP contribution in [0.4, 0.5) is 0 Å². The van der Waals surface area contributed by atoms with E-state index in [1.807, 2.05) is 0 Å². The van der Waals surface area contributed by atoms with Crippen LogP contribution in [0, 0.1) is 6.92 Å². The third kappa shape index (κ3) is 5.43. The number of esters is 1. The highest BCUT2D eigenvalue weighted by atomic mass is 35.5. The van der Waals surface area contributed by atoms with Gasteiger partial charge in [0.2, 0.25) is 10.0 Å². The zero-order valence-electron chi connectivity index (χ0n) is 16.5.